The van der Waals surface area contributed by atoms with Gasteiger partial charge in [-0.2, -0.15) is 0 Å². The van der Waals surface area contributed by atoms with Gasteiger partial charge in [0.15, 0.2) is 16.4 Å². The maximum atomic E-state index is 12.0. The van der Waals surface area contributed by atoms with Gasteiger partial charge in [0, 0.05) is 23.8 Å². The number of amides is 1. The van der Waals surface area contributed by atoms with Gasteiger partial charge < -0.3 is 10.1 Å². The van der Waals surface area contributed by atoms with E-state index in [1.54, 1.807) is 11.8 Å². The Morgan fingerprint density at radius 2 is 1.87 bits per heavy atom. The highest BCUT2D eigenvalue weighted by atomic mass is 32.2. The number of esters is 1. The number of hydrogen-bond acceptors (Lipinski definition) is 8. The zero-order valence-corrected chi connectivity index (χ0v) is 17.7. The second-order valence-corrected chi connectivity index (χ2v) is 9.31. The largest absolute Gasteiger partial charge is 0.452 e. The van der Waals surface area contributed by atoms with Gasteiger partial charge in [-0.15, -0.1) is 11.8 Å². The summed E-state index contributed by atoms with van der Waals surface area (Å²) in [5, 5.41) is 13.7. The molecule has 1 amide bonds. The highest BCUT2D eigenvalue weighted by Gasteiger charge is 2.24. The molecule has 0 spiro atoms. The van der Waals surface area contributed by atoms with Gasteiger partial charge in [-0.1, -0.05) is 18.2 Å². The summed E-state index contributed by atoms with van der Waals surface area (Å²) in [7, 11) is -3.84. The molecule has 0 aliphatic carbocycles. The maximum absolute atomic E-state index is 12.0. The van der Waals surface area contributed by atoms with Crippen molar-refractivity contribution in [1.82, 2.24) is 5.32 Å². The SMILES string of the molecule is CS(=O)(=O)c1ccc(C(=O)OCC(=O)NCCCSc2ccccc2)cc1[N+](=O)[O-]. The van der Waals surface area contributed by atoms with Crippen LogP contribution in [-0.4, -0.2) is 50.4 Å². The minimum absolute atomic E-state index is 0.221. The van der Waals surface area contributed by atoms with Crippen LogP contribution in [0.3, 0.4) is 0 Å². The van der Waals surface area contributed by atoms with E-state index in [0.29, 0.717) is 6.54 Å². The summed E-state index contributed by atoms with van der Waals surface area (Å²) in [5.74, 6) is -0.663. The Labute approximate surface area is 177 Å². The predicted molar refractivity (Wildman–Crippen MR) is 111 cm³/mol. The molecule has 0 heterocycles. The third-order valence-electron chi connectivity index (χ3n) is 3.78. The molecule has 30 heavy (non-hydrogen) atoms. The fourth-order valence-corrected chi connectivity index (χ4v) is 4.08. The van der Waals surface area contributed by atoms with Crippen LogP contribution in [0.2, 0.25) is 0 Å². The average Bonchev–Trinajstić information content (AvgIpc) is 2.71. The van der Waals surface area contributed by atoms with Gasteiger partial charge in [0.25, 0.3) is 11.6 Å². The third kappa shape index (κ3) is 7.16. The number of nitrogens with zero attached hydrogens (tertiary/aromatic N) is 1. The quantitative estimate of drug-likeness (QED) is 0.191. The van der Waals surface area contributed by atoms with Gasteiger partial charge >= 0.3 is 5.97 Å². The van der Waals surface area contributed by atoms with Crippen molar-refractivity contribution in [2.24, 2.45) is 0 Å². The van der Waals surface area contributed by atoms with Gasteiger partial charge in [0.05, 0.1) is 10.5 Å². The van der Waals surface area contributed by atoms with Crippen molar-refractivity contribution in [2.75, 3.05) is 25.2 Å². The fourth-order valence-electron chi connectivity index (χ4n) is 2.37. The molecule has 0 saturated heterocycles. The summed E-state index contributed by atoms with van der Waals surface area (Å²) >= 11 is 1.66. The zero-order chi connectivity index (χ0) is 22.1. The van der Waals surface area contributed by atoms with Crippen LogP contribution >= 0.6 is 11.8 Å². The van der Waals surface area contributed by atoms with Crippen molar-refractivity contribution in [3.8, 4) is 0 Å². The van der Waals surface area contributed by atoms with E-state index in [-0.39, 0.29) is 5.56 Å². The first-order valence-electron chi connectivity index (χ1n) is 8.78. The molecule has 0 aliphatic heterocycles. The summed E-state index contributed by atoms with van der Waals surface area (Å²) in [6.45, 7) is -0.142. The van der Waals surface area contributed by atoms with E-state index in [4.69, 9.17) is 4.74 Å². The van der Waals surface area contributed by atoms with E-state index in [1.165, 1.54) is 0 Å². The number of ether oxygens (including phenoxy) is 1. The number of nitro benzene ring substituents is 1. The number of sulfone groups is 1. The lowest BCUT2D eigenvalue weighted by Gasteiger charge is -2.07. The molecule has 0 aromatic heterocycles. The number of carbonyl (C=O) groups excluding carboxylic acids is 2. The van der Waals surface area contributed by atoms with Crippen LogP contribution in [0.4, 0.5) is 5.69 Å². The van der Waals surface area contributed by atoms with Crippen molar-refractivity contribution >= 4 is 39.2 Å². The molecule has 11 heteroatoms. The number of rotatable bonds is 10. The minimum atomic E-state index is -3.84. The van der Waals surface area contributed by atoms with E-state index in [1.807, 2.05) is 30.3 Å². The maximum Gasteiger partial charge on any atom is 0.338 e. The molecule has 0 unspecified atom stereocenters. The number of nitrogens with one attached hydrogen (secondary N) is 1. The normalized spacial score (nSPS) is 11.0. The molecule has 9 nitrogen and oxygen atoms in total. The van der Waals surface area contributed by atoms with Crippen molar-refractivity contribution in [3.05, 3.63) is 64.2 Å². The molecule has 1 N–H and O–H groups in total. The van der Waals surface area contributed by atoms with Crippen LogP contribution < -0.4 is 5.32 Å². The summed E-state index contributed by atoms with van der Waals surface area (Å²) < 4.78 is 28.1. The topological polar surface area (TPSA) is 133 Å². The van der Waals surface area contributed by atoms with Crippen LogP contribution in [0.25, 0.3) is 0 Å². The van der Waals surface area contributed by atoms with Crippen molar-refractivity contribution in [3.63, 3.8) is 0 Å². The molecule has 0 fully saturated rings. The summed E-state index contributed by atoms with van der Waals surface area (Å²) in [4.78, 5) is 34.7. The Bertz CT molecular complexity index is 1020. The standard InChI is InChI=1S/C19H20N2O7S2/c1-30(26,27)17-9-8-14(12-16(17)21(24)25)19(23)28-13-18(22)20-10-5-11-29-15-6-3-2-4-7-15/h2-4,6-9,12H,5,10-11,13H2,1H3,(H,20,22). The van der Waals surface area contributed by atoms with Crippen molar-refractivity contribution in [1.29, 1.82) is 0 Å². The Hall–Kier alpha value is -2.92. The average molecular weight is 453 g/mol. The lowest BCUT2D eigenvalue weighted by molar-refractivity contribution is -0.387. The van der Waals surface area contributed by atoms with E-state index in [2.05, 4.69) is 5.32 Å². The van der Waals surface area contributed by atoms with Crippen LogP contribution in [0.5, 0.6) is 0 Å². The van der Waals surface area contributed by atoms with E-state index in [9.17, 15) is 28.1 Å². The molecule has 2 rings (SSSR count). The monoisotopic (exact) mass is 452 g/mol. The smallest absolute Gasteiger partial charge is 0.338 e. The van der Waals surface area contributed by atoms with Crippen LogP contribution in [0, 0.1) is 10.1 Å². The molecule has 0 bridgehead atoms. The first kappa shape index (κ1) is 23.4. The Morgan fingerprint density at radius 1 is 1.17 bits per heavy atom. The molecular formula is C19H20N2O7S2. The second-order valence-electron chi connectivity index (χ2n) is 6.15. The molecular weight excluding hydrogens is 432 g/mol. The van der Waals surface area contributed by atoms with Crippen molar-refractivity contribution < 1.29 is 27.7 Å². The van der Waals surface area contributed by atoms with Gasteiger partial charge in [-0.25, -0.2) is 13.2 Å². The number of carbonyl (C=O) groups is 2. The van der Waals surface area contributed by atoms with Crippen LogP contribution in [0.1, 0.15) is 16.8 Å². The fraction of sp³-hybridized carbons (Fsp3) is 0.263. The highest BCUT2D eigenvalue weighted by molar-refractivity contribution is 7.99. The number of thioether (sulfide) groups is 1. The lowest BCUT2D eigenvalue weighted by Crippen LogP contribution is -2.29. The first-order valence-corrected chi connectivity index (χ1v) is 11.7. The summed E-state index contributed by atoms with van der Waals surface area (Å²) in [6, 6.07) is 12.7. The van der Waals surface area contributed by atoms with E-state index >= 15 is 0 Å². The van der Waals surface area contributed by atoms with Gasteiger partial charge in [-0.05, 0) is 36.4 Å². The van der Waals surface area contributed by atoms with Gasteiger partial charge in [0.2, 0.25) is 0 Å². The van der Waals surface area contributed by atoms with Crippen LogP contribution in [0.15, 0.2) is 58.3 Å². The minimum Gasteiger partial charge on any atom is -0.452 e. The number of hydrogen-bond donors (Lipinski definition) is 1. The number of benzene rings is 2. The molecule has 0 radical (unpaired) electrons. The molecule has 0 saturated carbocycles. The molecule has 0 aliphatic rings. The first-order chi connectivity index (χ1) is 14.2. The third-order valence-corrected chi connectivity index (χ3v) is 6.02. The molecule has 0 atom stereocenters. The van der Waals surface area contributed by atoms with Crippen LogP contribution in [-0.2, 0) is 19.4 Å². The van der Waals surface area contributed by atoms with Crippen molar-refractivity contribution in [2.45, 2.75) is 16.2 Å². The zero-order valence-electron chi connectivity index (χ0n) is 16.1. The van der Waals surface area contributed by atoms with Gasteiger partial charge in [-0.3, -0.25) is 14.9 Å². The van der Waals surface area contributed by atoms with E-state index < -0.39 is 43.8 Å². The molecule has 2 aromatic carbocycles. The summed E-state index contributed by atoms with van der Waals surface area (Å²) in [6.07, 6.45) is 1.55. The van der Waals surface area contributed by atoms with E-state index in [0.717, 1.165) is 41.5 Å². The highest BCUT2D eigenvalue weighted by Crippen LogP contribution is 2.25. The summed E-state index contributed by atoms with van der Waals surface area (Å²) in [5.41, 5.74) is -0.950. The number of nitro groups is 1. The Balaban J connectivity index is 1.80. The lowest BCUT2D eigenvalue weighted by atomic mass is 10.2. The molecule has 2 aromatic rings. The predicted octanol–water partition coefficient (Wildman–Crippen LogP) is 2.45. The Morgan fingerprint density at radius 3 is 2.50 bits per heavy atom. The van der Waals surface area contributed by atoms with Gasteiger partial charge in [0.1, 0.15) is 4.90 Å². The Kier molecular flexibility index (Phi) is 8.36. The molecule has 160 valence electrons. The second kappa shape index (κ2) is 10.7.